The summed E-state index contributed by atoms with van der Waals surface area (Å²) in [5.41, 5.74) is 5.29. The summed E-state index contributed by atoms with van der Waals surface area (Å²) in [6, 6.07) is 17.1. The van der Waals surface area contributed by atoms with Crippen LogP contribution in [0.4, 0.5) is 0 Å². The van der Waals surface area contributed by atoms with Crippen LogP contribution in [0.3, 0.4) is 0 Å². The van der Waals surface area contributed by atoms with Crippen LogP contribution in [0.25, 0.3) is 0 Å². The first-order chi connectivity index (χ1) is 7.68. The third-order valence-corrected chi connectivity index (χ3v) is 3.82. The van der Waals surface area contributed by atoms with E-state index in [4.69, 9.17) is 0 Å². The van der Waals surface area contributed by atoms with Gasteiger partial charge in [-0.25, -0.2) is 0 Å². The van der Waals surface area contributed by atoms with Crippen LogP contribution in [-0.2, 0) is 0 Å². The molecule has 0 heterocycles. The number of hydrogen-bond acceptors (Lipinski definition) is 0. The molecule has 0 spiro atoms. The Hall–Kier alpha value is -1.08. The van der Waals surface area contributed by atoms with Crippen LogP contribution < -0.4 is 0 Å². The van der Waals surface area contributed by atoms with Crippen LogP contribution in [-0.4, -0.2) is 0 Å². The SMILES string of the molecule is Cc1ccc(C)c(C(Br)c2ccccc2)c1. The highest BCUT2D eigenvalue weighted by atomic mass is 79.9. The highest BCUT2D eigenvalue weighted by Crippen LogP contribution is 2.32. The summed E-state index contributed by atoms with van der Waals surface area (Å²) in [5, 5.41) is 0. The van der Waals surface area contributed by atoms with Crippen molar-refractivity contribution in [1.29, 1.82) is 0 Å². The van der Waals surface area contributed by atoms with Crippen molar-refractivity contribution in [3.8, 4) is 0 Å². The average Bonchev–Trinajstić information content (AvgIpc) is 2.32. The molecule has 1 atom stereocenters. The number of benzene rings is 2. The molecule has 2 aromatic carbocycles. The van der Waals surface area contributed by atoms with Gasteiger partial charge in [0, 0.05) is 0 Å². The number of rotatable bonds is 2. The molecule has 0 radical (unpaired) electrons. The smallest absolute Gasteiger partial charge is 0.0647 e. The molecule has 0 saturated heterocycles. The van der Waals surface area contributed by atoms with E-state index in [1.165, 1.54) is 22.3 Å². The Morgan fingerprint density at radius 3 is 2.31 bits per heavy atom. The number of hydrogen-bond donors (Lipinski definition) is 0. The zero-order valence-electron chi connectivity index (χ0n) is 9.57. The molecule has 16 heavy (non-hydrogen) atoms. The van der Waals surface area contributed by atoms with E-state index in [1.54, 1.807) is 0 Å². The van der Waals surface area contributed by atoms with Gasteiger partial charge in [-0.1, -0.05) is 70.0 Å². The molecule has 0 N–H and O–H groups in total. The van der Waals surface area contributed by atoms with Crippen LogP contribution in [0.2, 0.25) is 0 Å². The predicted molar refractivity (Wildman–Crippen MR) is 73.1 cm³/mol. The van der Waals surface area contributed by atoms with Crippen molar-refractivity contribution in [3.05, 3.63) is 70.8 Å². The molecular weight excluding hydrogens is 260 g/mol. The lowest BCUT2D eigenvalue weighted by atomic mass is 9.98. The Bertz CT molecular complexity index is 474. The zero-order chi connectivity index (χ0) is 11.5. The Balaban J connectivity index is 2.41. The summed E-state index contributed by atoms with van der Waals surface area (Å²) in [6.45, 7) is 4.29. The molecule has 0 aliphatic rings. The molecular formula is C15H15Br. The monoisotopic (exact) mass is 274 g/mol. The second kappa shape index (κ2) is 4.84. The van der Waals surface area contributed by atoms with Crippen LogP contribution >= 0.6 is 15.9 Å². The minimum atomic E-state index is 0.286. The standard InChI is InChI=1S/C15H15Br/c1-11-8-9-12(2)14(10-11)15(16)13-6-4-3-5-7-13/h3-10,15H,1-2H3. The molecule has 82 valence electrons. The third kappa shape index (κ3) is 2.35. The van der Waals surface area contributed by atoms with Gasteiger partial charge in [0.2, 0.25) is 0 Å². The molecule has 2 rings (SSSR count). The van der Waals surface area contributed by atoms with Gasteiger partial charge in [0.15, 0.2) is 0 Å². The zero-order valence-corrected chi connectivity index (χ0v) is 11.2. The van der Waals surface area contributed by atoms with Gasteiger partial charge in [0.1, 0.15) is 0 Å². The quantitative estimate of drug-likeness (QED) is 0.691. The lowest BCUT2D eigenvalue weighted by Gasteiger charge is -2.14. The highest BCUT2D eigenvalue weighted by Gasteiger charge is 2.12. The molecule has 0 bridgehead atoms. The van der Waals surface area contributed by atoms with Crippen molar-refractivity contribution in [2.45, 2.75) is 18.7 Å². The summed E-state index contributed by atoms with van der Waals surface area (Å²) in [7, 11) is 0. The number of aryl methyl sites for hydroxylation is 2. The molecule has 0 aromatic heterocycles. The van der Waals surface area contributed by atoms with E-state index >= 15 is 0 Å². The lowest BCUT2D eigenvalue weighted by molar-refractivity contribution is 1.13. The van der Waals surface area contributed by atoms with E-state index < -0.39 is 0 Å². The Labute approximate surface area is 105 Å². The average molecular weight is 275 g/mol. The van der Waals surface area contributed by atoms with Crippen LogP contribution in [0.15, 0.2) is 48.5 Å². The van der Waals surface area contributed by atoms with Crippen molar-refractivity contribution in [2.75, 3.05) is 0 Å². The predicted octanol–water partition coefficient (Wildman–Crippen LogP) is 4.79. The van der Waals surface area contributed by atoms with Gasteiger partial charge in [-0.15, -0.1) is 0 Å². The molecule has 0 aliphatic heterocycles. The maximum atomic E-state index is 3.78. The fourth-order valence-electron chi connectivity index (χ4n) is 1.83. The van der Waals surface area contributed by atoms with Crippen LogP contribution in [0.1, 0.15) is 27.1 Å². The van der Waals surface area contributed by atoms with Crippen LogP contribution in [0, 0.1) is 13.8 Å². The van der Waals surface area contributed by atoms with Crippen molar-refractivity contribution in [3.63, 3.8) is 0 Å². The summed E-state index contributed by atoms with van der Waals surface area (Å²) in [4.78, 5) is 0.286. The molecule has 0 nitrogen and oxygen atoms in total. The van der Waals surface area contributed by atoms with E-state index in [9.17, 15) is 0 Å². The van der Waals surface area contributed by atoms with Gasteiger partial charge in [0.25, 0.3) is 0 Å². The molecule has 0 amide bonds. The summed E-state index contributed by atoms with van der Waals surface area (Å²) in [5.74, 6) is 0. The van der Waals surface area contributed by atoms with E-state index in [0.717, 1.165) is 0 Å². The Morgan fingerprint density at radius 2 is 1.62 bits per heavy atom. The molecule has 2 aromatic rings. The Morgan fingerprint density at radius 1 is 0.938 bits per heavy atom. The van der Waals surface area contributed by atoms with Crippen molar-refractivity contribution < 1.29 is 0 Å². The van der Waals surface area contributed by atoms with E-state index in [2.05, 4.69) is 72.2 Å². The second-order valence-corrected chi connectivity index (χ2v) is 5.05. The van der Waals surface area contributed by atoms with Crippen molar-refractivity contribution in [2.24, 2.45) is 0 Å². The van der Waals surface area contributed by atoms with Crippen LogP contribution in [0.5, 0.6) is 0 Å². The minimum Gasteiger partial charge on any atom is -0.0786 e. The summed E-state index contributed by atoms with van der Waals surface area (Å²) < 4.78 is 0. The minimum absolute atomic E-state index is 0.286. The van der Waals surface area contributed by atoms with E-state index in [-0.39, 0.29) is 4.83 Å². The van der Waals surface area contributed by atoms with Gasteiger partial charge in [-0.05, 0) is 30.5 Å². The maximum Gasteiger partial charge on any atom is 0.0647 e. The molecule has 1 heteroatoms. The van der Waals surface area contributed by atoms with Gasteiger partial charge in [-0.3, -0.25) is 0 Å². The van der Waals surface area contributed by atoms with Gasteiger partial charge >= 0.3 is 0 Å². The number of halogens is 1. The van der Waals surface area contributed by atoms with Gasteiger partial charge in [-0.2, -0.15) is 0 Å². The van der Waals surface area contributed by atoms with E-state index in [1.807, 2.05) is 6.07 Å². The molecule has 0 fully saturated rings. The topological polar surface area (TPSA) is 0 Å². The molecule has 1 unspecified atom stereocenters. The largest absolute Gasteiger partial charge is 0.0786 e. The Kier molecular flexibility index (Phi) is 3.45. The third-order valence-electron chi connectivity index (χ3n) is 2.80. The maximum absolute atomic E-state index is 3.78. The summed E-state index contributed by atoms with van der Waals surface area (Å²) >= 11 is 3.78. The fourth-order valence-corrected chi connectivity index (χ4v) is 2.63. The van der Waals surface area contributed by atoms with Crippen molar-refractivity contribution >= 4 is 15.9 Å². The first-order valence-electron chi connectivity index (χ1n) is 5.44. The normalized spacial score (nSPS) is 12.4. The highest BCUT2D eigenvalue weighted by molar-refractivity contribution is 9.09. The summed E-state index contributed by atoms with van der Waals surface area (Å²) in [6.07, 6.45) is 0. The molecule has 0 saturated carbocycles. The first kappa shape index (κ1) is 11.4. The van der Waals surface area contributed by atoms with Crippen molar-refractivity contribution in [1.82, 2.24) is 0 Å². The number of alkyl halides is 1. The second-order valence-electron chi connectivity index (χ2n) is 4.13. The van der Waals surface area contributed by atoms with E-state index in [0.29, 0.717) is 0 Å². The van der Waals surface area contributed by atoms with Gasteiger partial charge in [0.05, 0.1) is 4.83 Å². The fraction of sp³-hybridized carbons (Fsp3) is 0.200. The van der Waals surface area contributed by atoms with Gasteiger partial charge < -0.3 is 0 Å². The molecule has 0 aliphatic carbocycles. The first-order valence-corrected chi connectivity index (χ1v) is 6.36. The lowest BCUT2D eigenvalue weighted by Crippen LogP contribution is -1.96.